The molecule has 1 atom stereocenters. The Labute approximate surface area is 168 Å². The topological polar surface area (TPSA) is 22.4 Å². The van der Waals surface area contributed by atoms with E-state index in [1.54, 1.807) is 0 Å². The summed E-state index contributed by atoms with van der Waals surface area (Å²) >= 11 is 6.16. The number of benzene rings is 4. The highest BCUT2D eigenvalue weighted by molar-refractivity contribution is 7.80. The zero-order chi connectivity index (χ0) is 18.7. The van der Waals surface area contributed by atoms with Crippen LogP contribution in [0, 0.1) is 0 Å². The van der Waals surface area contributed by atoms with Gasteiger partial charge in [-0.2, -0.15) is 0 Å². The fraction of sp³-hybridized carbons (Fsp3) is 0. The lowest BCUT2D eigenvalue weighted by Crippen LogP contribution is -2.26. The fourth-order valence-electron chi connectivity index (χ4n) is 3.85. The molecule has 0 aliphatic carbocycles. The van der Waals surface area contributed by atoms with Gasteiger partial charge in [0.25, 0.3) is 0 Å². The van der Waals surface area contributed by atoms with Crippen LogP contribution in [-0.4, -0.2) is 0 Å². The van der Waals surface area contributed by atoms with Crippen molar-refractivity contribution in [3.05, 3.63) is 90.0 Å². The second-order valence-electron chi connectivity index (χ2n) is 6.80. The maximum atomic E-state index is 6.33. The Kier molecular flexibility index (Phi) is 3.53. The van der Waals surface area contributed by atoms with Gasteiger partial charge in [-0.1, -0.05) is 60.1 Å². The van der Waals surface area contributed by atoms with Crippen LogP contribution < -0.4 is 20.7 Å². The molecule has 1 aromatic heterocycles. The van der Waals surface area contributed by atoms with Gasteiger partial charge in [0.05, 0.1) is 0 Å². The zero-order valence-electron chi connectivity index (χ0n) is 14.7. The van der Waals surface area contributed by atoms with Crippen LogP contribution in [0.1, 0.15) is 0 Å². The van der Waals surface area contributed by atoms with Gasteiger partial charge < -0.3 is 9.15 Å². The molecule has 0 saturated carbocycles. The van der Waals surface area contributed by atoms with Crippen molar-refractivity contribution in [2.75, 3.05) is 0 Å². The summed E-state index contributed by atoms with van der Waals surface area (Å²) < 4.78 is 12.5. The normalized spacial score (nSPS) is 15.2. The van der Waals surface area contributed by atoms with Crippen LogP contribution in [-0.2, 0) is 0 Å². The van der Waals surface area contributed by atoms with Crippen molar-refractivity contribution in [1.82, 2.24) is 0 Å². The van der Waals surface area contributed by atoms with E-state index < -0.39 is 7.92 Å². The second kappa shape index (κ2) is 6.10. The molecule has 1 aliphatic heterocycles. The van der Waals surface area contributed by atoms with Gasteiger partial charge in [-0.05, 0) is 43.6 Å². The number of halogens is 1. The van der Waals surface area contributed by atoms with Crippen LogP contribution in [0.5, 0.6) is 11.5 Å². The summed E-state index contributed by atoms with van der Waals surface area (Å²) in [6, 6.07) is 29.0. The first kappa shape index (κ1) is 16.2. The molecule has 2 nitrogen and oxygen atoms in total. The third-order valence-electron chi connectivity index (χ3n) is 5.10. The summed E-state index contributed by atoms with van der Waals surface area (Å²) in [5.74, 6) is 1.83. The largest absolute Gasteiger partial charge is 0.456 e. The van der Waals surface area contributed by atoms with Gasteiger partial charge in [-0.25, -0.2) is 0 Å². The fourth-order valence-corrected chi connectivity index (χ4v) is 6.45. The van der Waals surface area contributed by atoms with Gasteiger partial charge >= 0.3 is 0 Å². The van der Waals surface area contributed by atoms with E-state index in [0.717, 1.165) is 33.4 Å². The lowest BCUT2D eigenvalue weighted by Gasteiger charge is -2.28. The average molecular weight is 401 g/mol. The Morgan fingerprint density at radius 2 is 1.43 bits per heavy atom. The monoisotopic (exact) mass is 400 g/mol. The van der Waals surface area contributed by atoms with Crippen LogP contribution in [0.2, 0.25) is 5.02 Å². The SMILES string of the molecule is Clc1ccc2c(c1)oc1cc3c(cc12)Oc1ccccc1P3c1ccccc1. The molecule has 2 heterocycles. The Morgan fingerprint density at radius 1 is 0.643 bits per heavy atom. The molecule has 0 saturated heterocycles. The van der Waals surface area contributed by atoms with Gasteiger partial charge in [-0.15, -0.1) is 0 Å². The highest BCUT2D eigenvalue weighted by Crippen LogP contribution is 2.46. The minimum absolute atomic E-state index is 0.673. The van der Waals surface area contributed by atoms with Crippen molar-refractivity contribution in [2.24, 2.45) is 0 Å². The molecule has 134 valence electrons. The van der Waals surface area contributed by atoms with Crippen LogP contribution in [0.4, 0.5) is 0 Å². The number of ether oxygens (including phenoxy) is 1. The van der Waals surface area contributed by atoms with Crippen molar-refractivity contribution < 1.29 is 9.15 Å². The molecule has 4 aromatic carbocycles. The molecule has 6 rings (SSSR count). The number of hydrogen-bond acceptors (Lipinski definition) is 2. The molecule has 0 fully saturated rings. The lowest BCUT2D eigenvalue weighted by molar-refractivity contribution is 0.489. The first-order valence-corrected chi connectivity index (χ1v) is 10.8. The van der Waals surface area contributed by atoms with Crippen molar-refractivity contribution in [1.29, 1.82) is 0 Å². The summed E-state index contributed by atoms with van der Waals surface area (Å²) in [4.78, 5) is 0. The van der Waals surface area contributed by atoms with Crippen LogP contribution >= 0.6 is 19.5 Å². The van der Waals surface area contributed by atoms with Gasteiger partial charge in [0, 0.05) is 32.5 Å². The zero-order valence-corrected chi connectivity index (χ0v) is 16.4. The Hall–Kier alpha value is -2.80. The van der Waals surface area contributed by atoms with Crippen molar-refractivity contribution in [3.8, 4) is 11.5 Å². The quantitative estimate of drug-likeness (QED) is 0.311. The first-order chi connectivity index (χ1) is 13.8. The first-order valence-electron chi connectivity index (χ1n) is 9.06. The van der Waals surface area contributed by atoms with Gasteiger partial charge in [0.1, 0.15) is 22.7 Å². The van der Waals surface area contributed by atoms with Gasteiger partial charge in [0.2, 0.25) is 0 Å². The van der Waals surface area contributed by atoms with Crippen LogP contribution in [0.25, 0.3) is 21.9 Å². The van der Waals surface area contributed by atoms with E-state index >= 15 is 0 Å². The standard InChI is InChI=1S/C24H14ClO2P/c25-15-10-11-17-18-13-22-24(14-21(18)27-20(17)12-15)28(16-6-2-1-3-7-16)23-9-5-4-8-19(23)26-22/h1-14H. The van der Waals surface area contributed by atoms with Gasteiger partial charge in [0.15, 0.2) is 0 Å². The lowest BCUT2D eigenvalue weighted by atomic mass is 10.1. The molecule has 5 aromatic rings. The van der Waals surface area contributed by atoms with Crippen molar-refractivity contribution in [3.63, 3.8) is 0 Å². The molecule has 0 spiro atoms. The molecule has 0 bridgehead atoms. The van der Waals surface area contributed by atoms with Crippen molar-refractivity contribution >= 4 is 57.4 Å². The minimum atomic E-state index is -0.718. The molecule has 1 unspecified atom stereocenters. The highest BCUT2D eigenvalue weighted by atomic mass is 35.5. The van der Waals surface area contributed by atoms with E-state index in [-0.39, 0.29) is 0 Å². The third kappa shape index (κ3) is 2.39. The molecular weight excluding hydrogens is 387 g/mol. The molecule has 28 heavy (non-hydrogen) atoms. The van der Waals surface area contributed by atoms with Gasteiger partial charge in [-0.3, -0.25) is 0 Å². The maximum absolute atomic E-state index is 6.33. The number of fused-ring (bicyclic) bond motifs is 5. The summed E-state index contributed by atoms with van der Waals surface area (Å²) in [6.45, 7) is 0. The maximum Gasteiger partial charge on any atom is 0.136 e. The number of furan rings is 1. The molecule has 0 radical (unpaired) electrons. The average Bonchev–Trinajstić information content (AvgIpc) is 3.07. The predicted molar refractivity (Wildman–Crippen MR) is 118 cm³/mol. The molecular formula is C24H14ClO2P. The van der Waals surface area contributed by atoms with E-state index in [4.69, 9.17) is 20.8 Å². The van der Waals surface area contributed by atoms with Crippen LogP contribution in [0.15, 0.2) is 89.3 Å². The Morgan fingerprint density at radius 3 is 2.32 bits per heavy atom. The van der Waals surface area contributed by atoms with Crippen molar-refractivity contribution in [2.45, 2.75) is 0 Å². The molecule has 0 amide bonds. The Balaban J connectivity index is 1.66. The minimum Gasteiger partial charge on any atom is -0.456 e. The number of hydrogen-bond donors (Lipinski definition) is 0. The van der Waals surface area contributed by atoms with E-state index in [9.17, 15) is 0 Å². The second-order valence-corrected chi connectivity index (χ2v) is 9.39. The summed E-state index contributed by atoms with van der Waals surface area (Å²) in [6.07, 6.45) is 0. The smallest absolute Gasteiger partial charge is 0.136 e. The Bertz CT molecular complexity index is 1360. The molecule has 0 N–H and O–H groups in total. The number of rotatable bonds is 1. The summed E-state index contributed by atoms with van der Waals surface area (Å²) in [5, 5.41) is 6.48. The van der Waals surface area contributed by atoms with Crippen LogP contribution in [0.3, 0.4) is 0 Å². The van der Waals surface area contributed by atoms with E-state index in [0.29, 0.717) is 5.02 Å². The predicted octanol–water partition coefficient (Wildman–Crippen LogP) is 6.10. The highest BCUT2D eigenvalue weighted by Gasteiger charge is 2.29. The summed E-state index contributed by atoms with van der Waals surface area (Å²) in [7, 11) is -0.718. The molecule has 4 heteroatoms. The molecule has 1 aliphatic rings. The van der Waals surface area contributed by atoms with E-state index in [1.165, 1.54) is 15.9 Å². The number of para-hydroxylation sites is 1. The van der Waals surface area contributed by atoms with E-state index in [2.05, 4.69) is 54.6 Å². The van der Waals surface area contributed by atoms with E-state index in [1.807, 2.05) is 30.3 Å². The third-order valence-corrected chi connectivity index (χ3v) is 7.83. The summed E-state index contributed by atoms with van der Waals surface area (Å²) in [5.41, 5.74) is 1.66.